The Hall–Kier alpha value is -2.60. The third-order valence-electron chi connectivity index (χ3n) is 2.91. The molecule has 0 fully saturated rings. The van der Waals surface area contributed by atoms with E-state index in [9.17, 15) is 4.79 Å². The van der Waals surface area contributed by atoms with Crippen molar-refractivity contribution in [1.29, 1.82) is 0 Å². The third-order valence-corrected chi connectivity index (χ3v) is 3.12. The van der Waals surface area contributed by atoms with Gasteiger partial charge in [-0.2, -0.15) is 0 Å². The lowest BCUT2D eigenvalue weighted by atomic mass is 10.1. The van der Waals surface area contributed by atoms with Crippen LogP contribution in [0.1, 0.15) is 10.4 Å². The Morgan fingerprint density at radius 1 is 0.955 bits per heavy atom. The van der Waals surface area contributed by atoms with Crippen LogP contribution < -0.4 is 20.1 Å². The van der Waals surface area contributed by atoms with Gasteiger partial charge in [-0.05, 0) is 36.5 Å². The number of methoxy groups -OCH3 is 2. The van der Waals surface area contributed by atoms with Crippen LogP contribution in [0.2, 0.25) is 0 Å². The molecule has 0 aromatic heterocycles. The molecule has 5 nitrogen and oxygen atoms in total. The standard InChI is InChI=1S/C16H16N2O3S/c1-20-12-9-6-10-13(21-2)14(12)15(19)18-16(22)17-11-7-4-3-5-8-11/h3-10H,1-2H3,(H2,17,18,19,22). The van der Waals surface area contributed by atoms with Crippen molar-refractivity contribution < 1.29 is 14.3 Å². The van der Waals surface area contributed by atoms with E-state index in [0.29, 0.717) is 17.1 Å². The van der Waals surface area contributed by atoms with Gasteiger partial charge in [0.25, 0.3) is 5.91 Å². The third kappa shape index (κ3) is 3.73. The lowest BCUT2D eigenvalue weighted by Crippen LogP contribution is -2.34. The molecule has 2 N–H and O–H groups in total. The normalized spacial score (nSPS) is 9.73. The van der Waals surface area contributed by atoms with Gasteiger partial charge in [-0.25, -0.2) is 0 Å². The van der Waals surface area contributed by atoms with E-state index in [2.05, 4.69) is 10.6 Å². The highest BCUT2D eigenvalue weighted by Gasteiger charge is 2.19. The number of ether oxygens (including phenoxy) is 2. The van der Waals surface area contributed by atoms with Crippen molar-refractivity contribution in [2.24, 2.45) is 0 Å². The Balaban J connectivity index is 2.14. The maximum Gasteiger partial charge on any atom is 0.264 e. The van der Waals surface area contributed by atoms with E-state index < -0.39 is 5.91 Å². The first-order valence-corrected chi connectivity index (χ1v) is 6.95. The van der Waals surface area contributed by atoms with Crippen LogP contribution in [0, 0.1) is 0 Å². The van der Waals surface area contributed by atoms with Crippen LogP contribution >= 0.6 is 12.2 Å². The molecular weight excluding hydrogens is 300 g/mol. The van der Waals surface area contributed by atoms with Crippen LogP contribution in [0.15, 0.2) is 48.5 Å². The zero-order valence-corrected chi connectivity index (χ0v) is 13.1. The number of hydrogen-bond acceptors (Lipinski definition) is 4. The van der Waals surface area contributed by atoms with Gasteiger partial charge in [0.1, 0.15) is 17.1 Å². The first-order chi connectivity index (χ1) is 10.7. The molecule has 2 rings (SSSR count). The number of para-hydroxylation sites is 1. The van der Waals surface area contributed by atoms with Gasteiger partial charge in [0.15, 0.2) is 5.11 Å². The smallest absolute Gasteiger partial charge is 0.264 e. The summed E-state index contributed by atoms with van der Waals surface area (Å²) in [6.45, 7) is 0. The molecule has 0 spiro atoms. The summed E-state index contributed by atoms with van der Waals surface area (Å²) < 4.78 is 10.4. The molecule has 114 valence electrons. The highest BCUT2D eigenvalue weighted by Crippen LogP contribution is 2.27. The summed E-state index contributed by atoms with van der Waals surface area (Å²) in [4.78, 5) is 12.4. The summed E-state index contributed by atoms with van der Waals surface area (Å²) in [6.07, 6.45) is 0. The number of carbonyl (C=O) groups is 1. The average molecular weight is 316 g/mol. The first kappa shape index (κ1) is 15.8. The molecule has 6 heteroatoms. The molecule has 0 saturated carbocycles. The van der Waals surface area contributed by atoms with E-state index in [0.717, 1.165) is 5.69 Å². The zero-order chi connectivity index (χ0) is 15.9. The van der Waals surface area contributed by atoms with Gasteiger partial charge >= 0.3 is 0 Å². The van der Waals surface area contributed by atoms with Crippen LogP contribution in [-0.4, -0.2) is 25.2 Å². The van der Waals surface area contributed by atoms with Crippen molar-refractivity contribution in [3.05, 3.63) is 54.1 Å². The Labute approximate surface area is 134 Å². The number of hydrogen-bond donors (Lipinski definition) is 2. The van der Waals surface area contributed by atoms with Crippen molar-refractivity contribution in [3.63, 3.8) is 0 Å². The van der Waals surface area contributed by atoms with Crippen molar-refractivity contribution in [2.45, 2.75) is 0 Å². The summed E-state index contributed by atoms with van der Waals surface area (Å²) in [7, 11) is 2.98. The molecular formula is C16H16N2O3S. The molecule has 0 radical (unpaired) electrons. The fourth-order valence-corrected chi connectivity index (χ4v) is 2.13. The number of nitrogens with one attached hydrogen (secondary N) is 2. The fraction of sp³-hybridized carbons (Fsp3) is 0.125. The highest BCUT2D eigenvalue weighted by molar-refractivity contribution is 7.80. The summed E-state index contributed by atoms with van der Waals surface area (Å²) in [6, 6.07) is 14.5. The number of carbonyl (C=O) groups excluding carboxylic acids is 1. The number of anilines is 1. The second-order valence-electron chi connectivity index (χ2n) is 4.31. The molecule has 2 aromatic carbocycles. The first-order valence-electron chi connectivity index (χ1n) is 6.54. The van der Waals surface area contributed by atoms with Crippen molar-refractivity contribution in [2.75, 3.05) is 19.5 Å². The zero-order valence-electron chi connectivity index (χ0n) is 12.3. The largest absolute Gasteiger partial charge is 0.496 e. The predicted octanol–water partition coefficient (Wildman–Crippen LogP) is 2.83. The monoisotopic (exact) mass is 316 g/mol. The molecule has 22 heavy (non-hydrogen) atoms. The number of rotatable bonds is 4. The lowest BCUT2D eigenvalue weighted by Gasteiger charge is -2.14. The molecule has 1 amide bonds. The van der Waals surface area contributed by atoms with Gasteiger partial charge in [-0.1, -0.05) is 24.3 Å². The van der Waals surface area contributed by atoms with Crippen LogP contribution in [-0.2, 0) is 0 Å². The minimum absolute atomic E-state index is 0.198. The summed E-state index contributed by atoms with van der Waals surface area (Å²) >= 11 is 5.15. The lowest BCUT2D eigenvalue weighted by molar-refractivity contribution is 0.0971. The van der Waals surface area contributed by atoms with E-state index in [1.54, 1.807) is 18.2 Å². The minimum Gasteiger partial charge on any atom is -0.496 e. The molecule has 0 unspecified atom stereocenters. The van der Waals surface area contributed by atoms with Crippen LogP contribution in [0.4, 0.5) is 5.69 Å². The van der Waals surface area contributed by atoms with Crippen LogP contribution in [0.5, 0.6) is 11.5 Å². The Morgan fingerprint density at radius 2 is 1.55 bits per heavy atom. The maximum absolute atomic E-state index is 12.4. The van der Waals surface area contributed by atoms with Crippen molar-refractivity contribution in [3.8, 4) is 11.5 Å². The van der Waals surface area contributed by atoms with Gasteiger partial charge in [-0.15, -0.1) is 0 Å². The molecule has 0 aliphatic carbocycles. The molecule has 0 atom stereocenters. The second-order valence-corrected chi connectivity index (χ2v) is 4.72. The van der Waals surface area contributed by atoms with Gasteiger partial charge in [0.05, 0.1) is 14.2 Å². The molecule has 0 saturated heterocycles. The van der Waals surface area contributed by atoms with E-state index in [-0.39, 0.29) is 5.11 Å². The van der Waals surface area contributed by atoms with Crippen molar-refractivity contribution >= 4 is 28.9 Å². The topological polar surface area (TPSA) is 59.6 Å². The molecule has 0 aliphatic heterocycles. The van der Waals surface area contributed by atoms with Gasteiger partial charge in [0.2, 0.25) is 0 Å². The average Bonchev–Trinajstić information content (AvgIpc) is 2.54. The van der Waals surface area contributed by atoms with Crippen molar-refractivity contribution in [1.82, 2.24) is 5.32 Å². The Kier molecular flexibility index (Phi) is 5.32. The number of thiocarbonyl (C=S) groups is 1. The molecule has 0 aliphatic rings. The second kappa shape index (κ2) is 7.42. The summed E-state index contributed by atoms with van der Waals surface area (Å²) in [5.74, 6) is 0.432. The fourth-order valence-electron chi connectivity index (χ4n) is 1.92. The van der Waals surface area contributed by atoms with E-state index in [1.807, 2.05) is 30.3 Å². The Bertz CT molecular complexity index is 652. The quantitative estimate of drug-likeness (QED) is 0.850. The van der Waals surface area contributed by atoms with Gasteiger partial charge < -0.3 is 14.8 Å². The predicted molar refractivity (Wildman–Crippen MR) is 89.7 cm³/mol. The molecule has 2 aromatic rings. The SMILES string of the molecule is COc1cccc(OC)c1C(=O)NC(=S)Nc1ccccc1. The molecule has 0 bridgehead atoms. The van der Waals surface area contributed by atoms with Crippen LogP contribution in [0.25, 0.3) is 0 Å². The minimum atomic E-state index is -0.400. The number of amides is 1. The summed E-state index contributed by atoms with van der Waals surface area (Å²) in [5.41, 5.74) is 1.09. The van der Waals surface area contributed by atoms with E-state index >= 15 is 0 Å². The highest BCUT2D eigenvalue weighted by atomic mass is 32.1. The van der Waals surface area contributed by atoms with Gasteiger partial charge in [-0.3, -0.25) is 10.1 Å². The maximum atomic E-state index is 12.4. The summed E-state index contributed by atoms with van der Waals surface area (Å²) in [5, 5.41) is 5.75. The number of benzene rings is 2. The van der Waals surface area contributed by atoms with E-state index in [1.165, 1.54) is 14.2 Å². The van der Waals surface area contributed by atoms with Crippen LogP contribution in [0.3, 0.4) is 0 Å². The van der Waals surface area contributed by atoms with Gasteiger partial charge in [0, 0.05) is 5.69 Å². The van der Waals surface area contributed by atoms with E-state index in [4.69, 9.17) is 21.7 Å². The molecule has 0 heterocycles. The Morgan fingerprint density at radius 3 is 2.09 bits per heavy atom.